The van der Waals surface area contributed by atoms with Crippen LogP contribution < -0.4 is 0 Å². The highest BCUT2D eigenvalue weighted by Crippen LogP contribution is 2.30. The molecule has 0 aliphatic carbocycles. The molecule has 20 heavy (non-hydrogen) atoms. The molecule has 2 aromatic rings. The van der Waals surface area contributed by atoms with Gasteiger partial charge in [-0.2, -0.15) is 4.31 Å². The highest BCUT2D eigenvalue weighted by Gasteiger charge is 2.44. The van der Waals surface area contributed by atoms with E-state index in [0.29, 0.717) is 11.4 Å². The highest BCUT2D eigenvalue weighted by atomic mass is 32.2. The summed E-state index contributed by atoms with van der Waals surface area (Å²) in [5.74, 6) is 0. The van der Waals surface area contributed by atoms with Crippen LogP contribution in [0.15, 0.2) is 59.5 Å². The number of benzene rings is 2. The summed E-state index contributed by atoms with van der Waals surface area (Å²) >= 11 is 0. The van der Waals surface area contributed by atoms with E-state index in [-0.39, 0.29) is 6.04 Å². The molecule has 1 saturated heterocycles. The van der Waals surface area contributed by atoms with Crippen molar-refractivity contribution < 1.29 is 8.42 Å². The summed E-state index contributed by atoms with van der Waals surface area (Å²) in [6.07, 6.45) is 0.784. The van der Waals surface area contributed by atoms with Crippen molar-refractivity contribution in [3.05, 3.63) is 65.7 Å². The van der Waals surface area contributed by atoms with Crippen LogP contribution in [0.4, 0.5) is 0 Å². The first kappa shape index (κ1) is 13.3. The number of hydrogen-bond donors (Lipinski definition) is 0. The maximum Gasteiger partial charge on any atom is 0.243 e. The Balaban J connectivity index is 1.73. The lowest BCUT2D eigenvalue weighted by molar-refractivity contribution is 0.551. The Kier molecular flexibility index (Phi) is 3.36. The predicted octanol–water partition coefficient (Wildman–Crippen LogP) is 2.61. The van der Waals surface area contributed by atoms with Crippen LogP contribution in [0.1, 0.15) is 11.1 Å². The smallest absolute Gasteiger partial charge is 0.207 e. The van der Waals surface area contributed by atoms with E-state index in [0.717, 1.165) is 12.0 Å². The zero-order valence-corrected chi connectivity index (χ0v) is 12.2. The fourth-order valence-corrected chi connectivity index (χ4v) is 3.94. The monoisotopic (exact) mass is 287 g/mol. The van der Waals surface area contributed by atoms with E-state index in [4.69, 9.17) is 0 Å². The lowest BCUT2D eigenvalue weighted by Crippen LogP contribution is -2.15. The van der Waals surface area contributed by atoms with Gasteiger partial charge in [-0.1, -0.05) is 48.0 Å². The van der Waals surface area contributed by atoms with Crippen molar-refractivity contribution in [2.45, 2.75) is 24.3 Å². The van der Waals surface area contributed by atoms with Gasteiger partial charge >= 0.3 is 0 Å². The van der Waals surface area contributed by atoms with Gasteiger partial charge in [0.1, 0.15) is 0 Å². The minimum atomic E-state index is -3.32. The number of aryl methyl sites for hydroxylation is 1. The molecule has 4 heteroatoms. The van der Waals surface area contributed by atoms with E-state index in [1.54, 1.807) is 16.4 Å². The predicted molar refractivity (Wildman–Crippen MR) is 79.0 cm³/mol. The van der Waals surface area contributed by atoms with Crippen LogP contribution in [0.5, 0.6) is 0 Å². The average molecular weight is 287 g/mol. The summed E-state index contributed by atoms with van der Waals surface area (Å²) in [5.41, 5.74) is 2.25. The molecule has 0 aromatic heterocycles. The molecular weight excluding hydrogens is 270 g/mol. The minimum Gasteiger partial charge on any atom is -0.207 e. The third kappa shape index (κ3) is 2.62. The fourth-order valence-electron chi connectivity index (χ4n) is 2.35. The van der Waals surface area contributed by atoms with Gasteiger partial charge in [0.25, 0.3) is 0 Å². The summed E-state index contributed by atoms with van der Waals surface area (Å²) in [5, 5.41) is 0. The molecule has 0 spiro atoms. The van der Waals surface area contributed by atoms with Crippen LogP contribution in [-0.2, 0) is 16.4 Å². The van der Waals surface area contributed by atoms with E-state index in [1.807, 2.05) is 49.4 Å². The molecule has 0 N–H and O–H groups in total. The third-order valence-electron chi connectivity index (χ3n) is 3.61. The normalized spacial score (nSPS) is 21.6. The SMILES string of the molecule is Cc1ccc(S(=O)(=O)N2CC2Cc2ccccc2)cc1. The Morgan fingerprint density at radius 2 is 1.70 bits per heavy atom. The average Bonchev–Trinajstić information content (AvgIpc) is 3.20. The Morgan fingerprint density at radius 3 is 2.35 bits per heavy atom. The maximum absolute atomic E-state index is 12.4. The van der Waals surface area contributed by atoms with Crippen LogP contribution in [-0.4, -0.2) is 25.3 Å². The van der Waals surface area contributed by atoms with E-state index < -0.39 is 10.0 Å². The van der Waals surface area contributed by atoms with Crippen molar-refractivity contribution in [3.8, 4) is 0 Å². The number of rotatable bonds is 4. The molecule has 3 rings (SSSR count). The van der Waals surface area contributed by atoms with E-state index in [2.05, 4.69) is 0 Å². The Bertz CT molecular complexity index is 693. The third-order valence-corrected chi connectivity index (χ3v) is 5.54. The summed E-state index contributed by atoms with van der Waals surface area (Å²) < 4.78 is 26.4. The van der Waals surface area contributed by atoms with Crippen LogP contribution in [0.2, 0.25) is 0 Å². The molecule has 1 heterocycles. The van der Waals surface area contributed by atoms with Gasteiger partial charge in [0.2, 0.25) is 10.0 Å². The van der Waals surface area contributed by atoms with Gasteiger partial charge < -0.3 is 0 Å². The van der Waals surface area contributed by atoms with E-state index >= 15 is 0 Å². The topological polar surface area (TPSA) is 37.1 Å². The second-order valence-electron chi connectivity index (χ2n) is 5.23. The number of nitrogens with zero attached hydrogens (tertiary/aromatic N) is 1. The molecule has 0 saturated carbocycles. The largest absolute Gasteiger partial charge is 0.243 e. The van der Waals surface area contributed by atoms with Crippen molar-refractivity contribution in [1.82, 2.24) is 4.31 Å². The molecule has 104 valence electrons. The van der Waals surface area contributed by atoms with Crippen LogP contribution >= 0.6 is 0 Å². The Labute approximate surface area is 119 Å². The fraction of sp³-hybridized carbons (Fsp3) is 0.250. The van der Waals surface area contributed by atoms with Gasteiger partial charge in [-0.25, -0.2) is 8.42 Å². The van der Waals surface area contributed by atoms with Gasteiger partial charge in [-0.05, 0) is 31.0 Å². The van der Waals surface area contributed by atoms with Gasteiger partial charge in [0, 0.05) is 12.6 Å². The lowest BCUT2D eigenvalue weighted by Gasteiger charge is -2.07. The Morgan fingerprint density at radius 1 is 1.05 bits per heavy atom. The van der Waals surface area contributed by atoms with Gasteiger partial charge in [-0.15, -0.1) is 0 Å². The first-order chi connectivity index (χ1) is 9.57. The van der Waals surface area contributed by atoms with Crippen molar-refractivity contribution in [1.29, 1.82) is 0 Å². The molecule has 3 nitrogen and oxygen atoms in total. The number of hydrogen-bond acceptors (Lipinski definition) is 2. The summed E-state index contributed by atoms with van der Waals surface area (Å²) in [6, 6.07) is 17.1. The zero-order chi connectivity index (χ0) is 14.2. The van der Waals surface area contributed by atoms with Gasteiger partial charge in [0.05, 0.1) is 4.90 Å². The molecule has 2 unspecified atom stereocenters. The van der Waals surface area contributed by atoms with E-state index in [9.17, 15) is 8.42 Å². The highest BCUT2D eigenvalue weighted by molar-refractivity contribution is 7.89. The molecule has 1 aliphatic rings. The quantitative estimate of drug-likeness (QED) is 0.811. The second kappa shape index (κ2) is 5.04. The summed E-state index contributed by atoms with van der Waals surface area (Å²) in [7, 11) is -3.32. The molecule has 0 bridgehead atoms. The van der Waals surface area contributed by atoms with Crippen molar-refractivity contribution >= 4 is 10.0 Å². The standard InChI is InChI=1S/C16H17NO2S/c1-13-7-9-16(10-8-13)20(18,19)17-12-15(17)11-14-5-3-2-4-6-14/h2-10,15H,11-12H2,1H3. The molecular formula is C16H17NO2S. The summed E-state index contributed by atoms with van der Waals surface area (Å²) in [4.78, 5) is 0.388. The van der Waals surface area contributed by atoms with Crippen LogP contribution in [0.3, 0.4) is 0 Å². The molecule has 2 aromatic carbocycles. The van der Waals surface area contributed by atoms with Crippen LogP contribution in [0.25, 0.3) is 0 Å². The molecule has 2 atom stereocenters. The summed E-state index contributed by atoms with van der Waals surface area (Å²) in [6.45, 7) is 2.57. The molecule has 0 radical (unpaired) electrons. The lowest BCUT2D eigenvalue weighted by atomic mass is 10.1. The first-order valence-corrected chi connectivity index (χ1v) is 8.14. The molecule has 1 aliphatic heterocycles. The van der Waals surface area contributed by atoms with Crippen molar-refractivity contribution in [2.24, 2.45) is 0 Å². The van der Waals surface area contributed by atoms with Crippen molar-refractivity contribution in [2.75, 3.05) is 6.54 Å². The minimum absolute atomic E-state index is 0.101. The molecule has 1 fully saturated rings. The van der Waals surface area contributed by atoms with Crippen LogP contribution in [0, 0.1) is 6.92 Å². The van der Waals surface area contributed by atoms with Crippen molar-refractivity contribution in [3.63, 3.8) is 0 Å². The Hall–Kier alpha value is -1.65. The van der Waals surface area contributed by atoms with E-state index in [1.165, 1.54) is 5.56 Å². The number of sulfonamides is 1. The zero-order valence-electron chi connectivity index (χ0n) is 11.4. The maximum atomic E-state index is 12.4. The molecule has 0 amide bonds. The van der Waals surface area contributed by atoms with Gasteiger partial charge in [-0.3, -0.25) is 0 Å². The first-order valence-electron chi connectivity index (χ1n) is 6.70. The second-order valence-corrected chi connectivity index (χ2v) is 7.12. The van der Waals surface area contributed by atoms with Gasteiger partial charge in [0.15, 0.2) is 0 Å².